The van der Waals surface area contributed by atoms with Crippen LogP contribution < -0.4 is 10.1 Å². The monoisotopic (exact) mass is 411 g/mol. The minimum Gasteiger partial charge on any atom is -0.490 e. The van der Waals surface area contributed by atoms with Crippen LogP contribution in [-0.4, -0.2) is 19.2 Å². The van der Waals surface area contributed by atoms with Crippen molar-refractivity contribution in [3.63, 3.8) is 0 Å². The molecule has 0 amide bonds. The number of carbonyl (C=O) groups excluding carboxylic acids is 1. The maximum Gasteiger partial charge on any atom is 0.340 e. The van der Waals surface area contributed by atoms with Crippen LogP contribution in [0.3, 0.4) is 0 Å². The number of halogens is 1. The van der Waals surface area contributed by atoms with E-state index in [-0.39, 0.29) is 12.6 Å². The standard InChI is InChI=1S/C21H18BrNO3/c22-16-10-12-18(13-11-16)25-14-15-26-21(24)19-8-4-5-9-20(19)23-17-6-2-1-3-7-17/h1-13,23H,14-15H2. The maximum atomic E-state index is 12.4. The van der Waals surface area contributed by atoms with Crippen molar-refractivity contribution in [3.8, 4) is 5.75 Å². The summed E-state index contributed by atoms with van der Waals surface area (Å²) in [5.74, 6) is 0.346. The third kappa shape index (κ3) is 5.10. The molecular formula is C21H18BrNO3. The summed E-state index contributed by atoms with van der Waals surface area (Å²) in [6, 6.07) is 24.5. The van der Waals surface area contributed by atoms with Crippen LogP contribution in [0.4, 0.5) is 11.4 Å². The second-order valence-electron chi connectivity index (χ2n) is 5.47. The van der Waals surface area contributed by atoms with Gasteiger partial charge in [0.1, 0.15) is 19.0 Å². The summed E-state index contributed by atoms with van der Waals surface area (Å²) in [6.07, 6.45) is 0. The Morgan fingerprint density at radius 1 is 0.846 bits per heavy atom. The zero-order valence-corrected chi connectivity index (χ0v) is 15.6. The van der Waals surface area contributed by atoms with Gasteiger partial charge in [0.05, 0.1) is 11.3 Å². The van der Waals surface area contributed by atoms with E-state index in [1.54, 1.807) is 6.07 Å². The molecule has 0 unspecified atom stereocenters. The Balaban J connectivity index is 1.55. The molecule has 132 valence electrons. The van der Waals surface area contributed by atoms with Crippen molar-refractivity contribution in [3.05, 3.63) is 88.9 Å². The lowest BCUT2D eigenvalue weighted by atomic mass is 10.1. The van der Waals surface area contributed by atoms with Gasteiger partial charge in [-0.05, 0) is 48.5 Å². The van der Waals surface area contributed by atoms with E-state index < -0.39 is 0 Å². The van der Waals surface area contributed by atoms with Gasteiger partial charge >= 0.3 is 5.97 Å². The van der Waals surface area contributed by atoms with Crippen LogP contribution in [0, 0.1) is 0 Å². The van der Waals surface area contributed by atoms with Gasteiger partial charge in [0.25, 0.3) is 0 Å². The molecule has 26 heavy (non-hydrogen) atoms. The lowest BCUT2D eigenvalue weighted by Crippen LogP contribution is -2.13. The van der Waals surface area contributed by atoms with E-state index in [0.29, 0.717) is 17.9 Å². The van der Waals surface area contributed by atoms with Gasteiger partial charge in [-0.3, -0.25) is 0 Å². The van der Waals surface area contributed by atoms with Gasteiger partial charge < -0.3 is 14.8 Å². The summed E-state index contributed by atoms with van der Waals surface area (Å²) in [7, 11) is 0. The normalized spacial score (nSPS) is 10.2. The Morgan fingerprint density at radius 2 is 1.54 bits per heavy atom. The molecule has 0 saturated carbocycles. The maximum absolute atomic E-state index is 12.4. The van der Waals surface area contributed by atoms with Crippen molar-refractivity contribution < 1.29 is 14.3 Å². The average Bonchev–Trinajstić information content (AvgIpc) is 2.68. The molecule has 0 saturated heterocycles. The zero-order valence-electron chi connectivity index (χ0n) is 14.0. The highest BCUT2D eigenvalue weighted by molar-refractivity contribution is 9.10. The van der Waals surface area contributed by atoms with Gasteiger partial charge in [0.15, 0.2) is 0 Å². The fraction of sp³-hybridized carbons (Fsp3) is 0.0952. The Labute approximate surface area is 160 Å². The van der Waals surface area contributed by atoms with Crippen molar-refractivity contribution in [2.24, 2.45) is 0 Å². The average molecular weight is 412 g/mol. The number of esters is 1. The quantitative estimate of drug-likeness (QED) is 0.415. The van der Waals surface area contributed by atoms with E-state index in [1.165, 1.54) is 0 Å². The Bertz CT molecular complexity index is 851. The minimum absolute atomic E-state index is 0.175. The number of benzene rings is 3. The molecular weight excluding hydrogens is 394 g/mol. The molecule has 0 radical (unpaired) electrons. The van der Waals surface area contributed by atoms with Gasteiger partial charge in [-0.1, -0.05) is 46.3 Å². The predicted molar refractivity (Wildman–Crippen MR) is 106 cm³/mol. The van der Waals surface area contributed by atoms with Gasteiger partial charge in [0, 0.05) is 10.2 Å². The first-order chi connectivity index (χ1) is 12.7. The highest BCUT2D eigenvalue weighted by Crippen LogP contribution is 2.21. The number of para-hydroxylation sites is 2. The Morgan fingerprint density at radius 3 is 2.31 bits per heavy atom. The Kier molecular flexibility index (Phi) is 6.28. The van der Waals surface area contributed by atoms with Crippen LogP contribution in [0.15, 0.2) is 83.3 Å². The molecule has 3 aromatic carbocycles. The molecule has 0 fully saturated rings. The van der Waals surface area contributed by atoms with Gasteiger partial charge in [0.2, 0.25) is 0 Å². The zero-order chi connectivity index (χ0) is 18.2. The van der Waals surface area contributed by atoms with E-state index in [1.807, 2.05) is 72.8 Å². The first-order valence-corrected chi connectivity index (χ1v) is 8.98. The molecule has 0 aliphatic rings. The molecule has 0 aliphatic heterocycles. The highest BCUT2D eigenvalue weighted by Gasteiger charge is 2.12. The molecule has 4 nitrogen and oxygen atoms in total. The van der Waals surface area contributed by atoms with Crippen molar-refractivity contribution in [1.29, 1.82) is 0 Å². The van der Waals surface area contributed by atoms with Crippen LogP contribution in [0.25, 0.3) is 0 Å². The third-order valence-electron chi connectivity index (χ3n) is 3.60. The molecule has 0 aliphatic carbocycles. The van der Waals surface area contributed by atoms with E-state index in [9.17, 15) is 4.79 Å². The van der Waals surface area contributed by atoms with E-state index in [0.717, 1.165) is 15.9 Å². The van der Waals surface area contributed by atoms with Crippen LogP contribution in [0.5, 0.6) is 5.75 Å². The predicted octanol–water partition coefficient (Wildman–Crippen LogP) is 5.43. The number of anilines is 2. The molecule has 5 heteroatoms. The molecule has 0 aromatic heterocycles. The fourth-order valence-corrected chi connectivity index (χ4v) is 2.61. The first kappa shape index (κ1) is 18.0. The SMILES string of the molecule is O=C(OCCOc1ccc(Br)cc1)c1ccccc1Nc1ccccc1. The van der Waals surface area contributed by atoms with Crippen molar-refractivity contribution in [1.82, 2.24) is 0 Å². The van der Waals surface area contributed by atoms with Gasteiger partial charge in [-0.2, -0.15) is 0 Å². The second-order valence-corrected chi connectivity index (χ2v) is 6.39. The van der Waals surface area contributed by atoms with Crippen molar-refractivity contribution in [2.75, 3.05) is 18.5 Å². The lowest BCUT2D eigenvalue weighted by Gasteiger charge is -2.12. The molecule has 1 N–H and O–H groups in total. The topological polar surface area (TPSA) is 47.6 Å². The minimum atomic E-state index is -0.386. The molecule has 3 rings (SSSR count). The van der Waals surface area contributed by atoms with E-state index in [4.69, 9.17) is 9.47 Å². The van der Waals surface area contributed by atoms with Crippen LogP contribution in [-0.2, 0) is 4.74 Å². The van der Waals surface area contributed by atoms with Gasteiger partial charge in [-0.15, -0.1) is 0 Å². The summed E-state index contributed by atoms with van der Waals surface area (Å²) in [5, 5.41) is 3.24. The molecule has 0 bridgehead atoms. The number of carbonyl (C=O) groups is 1. The molecule has 0 atom stereocenters. The fourth-order valence-electron chi connectivity index (χ4n) is 2.35. The lowest BCUT2D eigenvalue weighted by molar-refractivity contribution is 0.0451. The van der Waals surface area contributed by atoms with Gasteiger partial charge in [-0.25, -0.2) is 4.79 Å². The molecule has 0 spiro atoms. The highest BCUT2D eigenvalue weighted by atomic mass is 79.9. The van der Waals surface area contributed by atoms with Crippen molar-refractivity contribution in [2.45, 2.75) is 0 Å². The molecule has 0 heterocycles. The summed E-state index contributed by atoms with van der Waals surface area (Å²) in [5.41, 5.74) is 2.10. The second kappa shape index (κ2) is 9.06. The number of nitrogens with one attached hydrogen (secondary N) is 1. The third-order valence-corrected chi connectivity index (χ3v) is 4.13. The number of hydrogen-bond donors (Lipinski definition) is 1. The summed E-state index contributed by atoms with van der Waals surface area (Å²) in [4.78, 5) is 12.4. The van der Waals surface area contributed by atoms with Crippen molar-refractivity contribution >= 4 is 33.3 Å². The number of hydrogen-bond acceptors (Lipinski definition) is 4. The van der Waals surface area contributed by atoms with Crippen LogP contribution >= 0.6 is 15.9 Å². The summed E-state index contributed by atoms with van der Waals surface area (Å²) >= 11 is 3.37. The number of ether oxygens (including phenoxy) is 2. The first-order valence-electron chi connectivity index (χ1n) is 8.19. The Hall–Kier alpha value is -2.79. The summed E-state index contributed by atoms with van der Waals surface area (Å²) < 4.78 is 11.9. The summed E-state index contributed by atoms with van der Waals surface area (Å²) in [6.45, 7) is 0.468. The number of rotatable bonds is 7. The van der Waals surface area contributed by atoms with Crippen LogP contribution in [0.1, 0.15) is 10.4 Å². The smallest absolute Gasteiger partial charge is 0.340 e. The van der Waals surface area contributed by atoms with Crippen LogP contribution in [0.2, 0.25) is 0 Å². The van der Waals surface area contributed by atoms with E-state index in [2.05, 4.69) is 21.2 Å². The van der Waals surface area contributed by atoms with E-state index >= 15 is 0 Å². The molecule has 3 aromatic rings. The largest absolute Gasteiger partial charge is 0.490 e.